The first kappa shape index (κ1) is 46.0. The largest absolute Gasteiger partial charge is 0.350 e. The number of benzene rings is 2. The van der Waals surface area contributed by atoms with Gasteiger partial charge in [0.05, 0.1) is 12.1 Å². The number of carbonyl (C=O) groups excluding carboxylic acids is 6. The number of ketones is 1. The number of nitrogens with one attached hydrogen (secondary N) is 4. The predicted molar refractivity (Wildman–Crippen MR) is 217 cm³/mol. The minimum absolute atomic E-state index is 0.0563. The van der Waals surface area contributed by atoms with E-state index in [4.69, 9.17) is 0 Å². The van der Waals surface area contributed by atoms with Crippen molar-refractivity contribution in [2.24, 2.45) is 5.92 Å². The van der Waals surface area contributed by atoms with Crippen LogP contribution in [0.2, 0.25) is 0 Å². The summed E-state index contributed by atoms with van der Waals surface area (Å²) in [5.74, 6) is -2.47. The summed E-state index contributed by atoms with van der Waals surface area (Å²) in [6.45, 7) is 6.43. The Morgan fingerprint density at radius 1 is 0.707 bits per heavy atom. The van der Waals surface area contributed by atoms with Gasteiger partial charge in [0, 0.05) is 32.0 Å². The second-order valence-corrected chi connectivity index (χ2v) is 15.7. The molecular formula is C44H62F2N6O6. The molecule has 0 unspecified atom stereocenters. The summed E-state index contributed by atoms with van der Waals surface area (Å²) in [6.07, 6.45) is 6.98. The molecule has 14 heteroatoms. The molecule has 5 amide bonds. The highest BCUT2D eigenvalue weighted by atomic mass is 19.1. The van der Waals surface area contributed by atoms with Crippen LogP contribution in [0.25, 0.3) is 0 Å². The van der Waals surface area contributed by atoms with E-state index < -0.39 is 30.2 Å². The number of nitrogens with zero attached hydrogens (tertiary/aromatic N) is 2. The lowest BCUT2D eigenvalue weighted by atomic mass is 9.99. The molecule has 318 valence electrons. The molecule has 0 saturated carbocycles. The van der Waals surface area contributed by atoms with Crippen molar-refractivity contribution in [2.75, 3.05) is 20.1 Å². The van der Waals surface area contributed by atoms with Crippen molar-refractivity contribution >= 4 is 35.3 Å². The molecule has 0 spiro atoms. The molecule has 2 aromatic carbocycles. The molecule has 2 heterocycles. The smallest absolute Gasteiger partial charge is 0.245 e. The lowest BCUT2D eigenvalue weighted by molar-refractivity contribution is -0.142. The van der Waals surface area contributed by atoms with E-state index in [1.54, 1.807) is 55.0 Å². The van der Waals surface area contributed by atoms with Crippen LogP contribution in [-0.4, -0.2) is 95.5 Å². The zero-order valence-corrected chi connectivity index (χ0v) is 34.5. The van der Waals surface area contributed by atoms with Gasteiger partial charge in [0.1, 0.15) is 29.8 Å². The third-order valence-electron chi connectivity index (χ3n) is 11.6. The van der Waals surface area contributed by atoms with E-state index in [0.29, 0.717) is 90.1 Å². The van der Waals surface area contributed by atoms with Crippen molar-refractivity contribution in [2.45, 2.75) is 141 Å². The van der Waals surface area contributed by atoms with E-state index in [0.717, 1.165) is 11.1 Å². The molecule has 2 aromatic rings. The van der Waals surface area contributed by atoms with Crippen LogP contribution in [0.15, 0.2) is 48.5 Å². The van der Waals surface area contributed by atoms with Gasteiger partial charge in [-0.05, 0) is 101 Å². The highest BCUT2D eigenvalue weighted by Crippen LogP contribution is 2.24. The zero-order valence-electron chi connectivity index (χ0n) is 34.5. The number of Topliss-reactive ketones (excluding diaryl/α,β-unsaturated/α-hetero) is 1. The van der Waals surface area contributed by atoms with Crippen molar-refractivity contribution < 1.29 is 37.5 Å². The van der Waals surface area contributed by atoms with E-state index in [-0.39, 0.29) is 65.8 Å². The minimum Gasteiger partial charge on any atom is -0.350 e. The van der Waals surface area contributed by atoms with Crippen LogP contribution in [0.4, 0.5) is 8.78 Å². The molecule has 12 nitrogen and oxygen atoms in total. The third kappa shape index (κ3) is 13.4. The average Bonchev–Trinajstić information content (AvgIpc) is 3.93. The molecule has 0 bridgehead atoms. The number of aryl methyl sites for hydroxylation is 1. The second-order valence-electron chi connectivity index (χ2n) is 15.7. The fourth-order valence-corrected chi connectivity index (χ4v) is 7.56. The number of halogens is 2. The van der Waals surface area contributed by atoms with Crippen molar-refractivity contribution in [1.82, 2.24) is 31.1 Å². The third-order valence-corrected chi connectivity index (χ3v) is 11.6. The lowest BCUT2D eigenvalue weighted by Crippen LogP contribution is -2.54. The number of hydrogen-bond donors (Lipinski definition) is 4. The van der Waals surface area contributed by atoms with E-state index in [9.17, 15) is 37.5 Å². The lowest BCUT2D eigenvalue weighted by Gasteiger charge is -2.30. The first-order valence-corrected chi connectivity index (χ1v) is 21.0. The first-order valence-electron chi connectivity index (χ1n) is 21.0. The van der Waals surface area contributed by atoms with E-state index in [1.807, 2.05) is 6.92 Å². The van der Waals surface area contributed by atoms with Gasteiger partial charge < -0.3 is 31.1 Å². The SMILES string of the molecule is CC[C@@H](C)C(=O)N[C@@H](CCCCCC[C@H](NC(=O)[C@H](C)NC)C(=O)N1CCC[C@H]1C(=O)CCc1ccc(F)cc1)C(=O)N1CCC[C@H]1C(=O)NCc1ccc(F)cc1. The Kier molecular flexibility index (Phi) is 18.2. The van der Waals surface area contributed by atoms with Crippen LogP contribution < -0.4 is 21.3 Å². The highest BCUT2D eigenvalue weighted by molar-refractivity contribution is 5.94. The molecule has 2 aliphatic rings. The van der Waals surface area contributed by atoms with Crippen LogP contribution in [0, 0.1) is 17.6 Å². The standard InChI is InChI=1S/C44H62F2N6O6/c1-5-29(2)40(54)49-35(44(58)52-27-11-15-38(52)42(56)48-28-32-18-23-34(46)24-19-32)12-8-6-7-9-13-36(50-41(55)30(3)47-4)43(57)51-26-10-14-37(51)39(53)25-20-31-16-21-33(45)22-17-31/h16-19,21-24,29-30,35-38,47H,5-15,20,25-28H2,1-4H3,(H,48,56)(H,49,54)(H,50,55)/t29-,30+,35+,36+,37+,38+/m1/s1. The molecule has 2 saturated heterocycles. The molecular weight excluding hydrogens is 747 g/mol. The molecule has 0 aromatic heterocycles. The molecule has 4 N–H and O–H groups in total. The highest BCUT2D eigenvalue weighted by Gasteiger charge is 2.39. The van der Waals surface area contributed by atoms with Gasteiger partial charge >= 0.3 is 0 Å². The van der Waals surface area contributed by atoms with Gasteiger partial charge in [-0.3, -0.25) is 28.8 Å². The van der Waals surface area contributed by atoms with Crippen molar-refractivity contribution in [1.29, 1.82) is 0 Å². The Balaban J connectivity index is 1.33. The number of rotatable bonds is 22. The Labute approximate surface area is 341 Å². The van der Waals surface area contributed by atoms with Gasteiger partial charge in [0.15, 0.2) is 5.78 Å². The van der Waals surface area contributed by atoms with Gasteiger partial charge in [-0.1, -0.05) is 63.8 Å². The number of likely N-dealkylation sites (tertiary alicyclic amines) is 2. The van der Waals surface area contributed by atoms with Gasteiger partial charge in [-0.25, -0.2) is 8.78 Å². The fourth-order valence-electron chi connectivity index (χ4n) is 7.56. The van der Waals surface area contributed by atoms with Gasteiger partial charge in [-0.2, -0.15) is 0 Å². The number of amides is 5. The number of unbranched alkanes of at least 4 members (excludes halogenated alkanes) is 3. The summed E-state index contributed by atoms with van der Waals surface area (Å²) in [5, 5.41) is 11.6. The van der Waals surface area contributed by atoms with E-state index >= 15 is 0 Å². The normalized spacial score (nSPS) is 18.6. The van der Waals surface area contributed by atoms with Crippen LogP contribution >= 0.6 is 0 Å². The summed E-state index contributed by atoms with van der Waals surface area (Å²) < 4.78 is 26.7. The Morgan fingerprint density at radius 2 is 1.21 bits per heavy atom. The molecule has 4 rings (SSSR count). The maximum absolute atomic E-state index is 14.0. The molecule has 2 aliphatic heterocycles. The average molecular weight is 809 g/mol. The van der Waals surface area contributed by atoms with Crippen LogP contribution in [0.1, 0.15) is 109 Å². The summed E-state index contributed by atoms with van der Waals surface area (Å²) in [6, 6.07) is 8.46. The number of hydrogen-bond acceptors (Lipinski definition) is 7. The van der Waals surface area contributed by atoms with Crippen molar-refractivity contribution in [3.05, 3.63) is 71.3 Å². The molecule has 0 radical (unpaired) electrons. The van der Waals surface area contributed by atoms with Gasteiger partial charge in [0.2, 0.25) is 29.5 Å². The summed E-state index contributed by atoms with van der Waals surface area (Å²) in [7, 11) is 1.66. The van der Waals surface area contributed by atoms with Gasteiger partial charge in [-0.15, -0.1) is 0 Å². The molecule has 0 aliphatic carbocycles. The molecule has 2 fully saturated rings. The Hall–Kier alpha value is -4.72. The number of carbonyl (C=O) groups is 6. The molecule has 58 heavy (non-hydrogen) atoms. The van der Waals surface area contributed by atoms with Crippen molar-refractivity contribution in [3.8, 4) is 0 Å². The summed E-state index contributed by atoms with van der Waals surface area (Å²) in [5.41, 5.74) is 1.58. The first-order chi connectivity index (χ1) is 27.8. The Bertz CT molecular complexity index is 1570. The second kappa shape index (κ2) is 23.0. The monoisotopic (exact) mass is 808 g/mol. The fraction of sp³-hybridized carbons (Fsp3) is 0.591. The quantitative estimate of drug-likeness (QED) is 0.125. The number of likely N-dealkylation sites (N-methyl/N-ethyl adjacent to an activating group) is 1. The predicted octanol–water partition coefficient (Wildman–Crippen LogP) is 4.73. The maximum atomic E-state index is 14.0. The Morgan fingerprint density at radius 3 is 1.74 bits per heavy atom. The van der Waals surface area contributed by atoms with Crippen LogP contribution in [-0.2, 0) is 41.7 Å². The topological polar surface area (TPSA) is 157 Å². The van der Waals surface area contributed by atoms with Crippen LogP contribution in [0.5, 0.6) is 0 Å². The zero-order chi connectivity index (χ0) is 42.2. The van der Waals surface area contributed by atoms with E-state index in [2.05, 4.69) is 21.3 Å². The molecule has 6 atom stereocenters. The van der Waals surface area contributed by atoms with Gasteiger partial charge in [0.25, 0.3) is 0 Å². The van der Waals surface area contributed by atoms with E-state index in [1.165, 1.54) is 24.3 Å². The summed E-state index contributed by atoms with van der Waals surface area (Å²) in [4.78, 5) is 83.7. The van der Waals surface area contributed by atoms with Crippen molar-refractivity contribution in [3.63, 3.8) is 0 Å². The maximum Gasteiger partial charge on any atom is 0.245 e. The minimum atomic E-state index is -0.820. The summed E-state index contributed by atoms with van der Waals surface area (Å²) >= 11 is 0. The van der Waals surface area contributed by atoms with Crippen LogP contribution in [0.3, 0.4) is 0 Å².